The van der Waals surface area contributed by atoms with E-state index in [2.05, 4.69) is 20.8 Å². The summed E-state index contributed by atoms with van der Waals surface area (Å²) in [7, 11) is 1.72. The van der Waals surface area contributed by atoms with Crippen molar-refractivity contribution >= 4 is 29.1 Å². The minimum absolute atomic E-state index is 0.0216. The van der Waals surface area contributed by atoms with Crippen LogP contribution in [0.25, 0.3) is 0 Å². The molecule has 0 saturated heterocycles. The molecule has 0 saturated carbocycles. The van der Waals surface area contributed by atoms with Crippen molar-refractivity contribution in [1.82, 2.24) is 20.2 Å². The van der Waals surface area contributed by atoms with E-state index in [1.165, 1.54) is 16.4 Å². The summed E-state index contributed by atoms with van der Waals surface area (Å²) in [4.78, 5) is 24.1. The van der Waals surface area contributed by atoms with E-state index in [0.29, 0.717) is 16.4 Å². The molecular weight excluding hydrogens is 314 g/mol. The maximum absolute atomic E-state index is 12.2. The highest BCUT2D eigenvalue weighted by molar-refractivity contribution is 7.99. The zero-order chi connectivity index (χ0) is 17.0. The zero-order valence-electron chi connectivity index (χ0n) is 13.5. The molecule has 23 heavy (non-hydrogen) atoms. The monoisotopic (exact) mass is 333 g/mol. The number of aryl methyl sites for hydroxylation is 1. The van der Waals surface area contributed by atoms with E-state index in [9.17, 15) is 9.59 Å². The third kappa shape index (κ3) is 4.62. The second-order valence-electron chi connectivity index (χ2n) is 6.08. The van der Waals surface area contributed by atoms with Crippen LogP contribution in [-0.4, -0.2) is 37.7 Å². The Hall–Kier alpha value is -2.22. The zero-order valence-corrected chi connectivity index (χ0v) is 14.3. The Bertz CT molecular complexity index is 703. The maximum Gasteiger partial charge on any atom is 0.229 e. The van der Waals surface area contributed by atoms with Gasteiger partial charge in [-0.05, 0) is 34.7 Å². The lowest BCUT2D eigenvalue weighted by Crippen LogP contribution is -2.27. The SMILES string of the molecule is Cn1nnnc1SCC(=O)c1ccc(NC(=O)C(C)(C)C)cc1. The van der Waals surface area contributed by atoms with Crippen molar-refractivity contribution in [3.8, 4) is 0 Å². The summed E-state index contributed by atoms with van der Waals surface area (Å²) in [6.07, 6.45) is 0. The van der Waals surface area contributed by atoms with Gasteiger partial charge in [-0.15, -0.1) is 5.10 Å². The molecule has 0 aliphatic heterocycles. The Labute approximate surface area is 138 Å². The molecule has 1 aromatic heterocycles. The van der Waals surface area contributed by atoms with E-state index in [1.54, 1.807) is 31.3 Å². The molecule has 0 radical (unpaired) electrons. The first-order chi connectivity index (χ1) is 10.8. The lowest BCUT2D eigenvalue weighted by atomic mass is 9.95. The molecule has 1 amide bonds. The molecule has 122 valence electrons. The average molecular weight is 333 g/mol. The number of thioether (sulfide) groups is 1. The number of anilines is 1. The predicted octanol–water partition coefficient (Wildman–Crippen LogP) is 2.17. The van der Waals surface area contributed by atoms with Crippen LogP contribution in [0.15, 0.2) is 29.4 Å². The number of Topliss-reactive ketones (excluding diaryl/α,β-unsaturated/α-hetero) is 1. The number of rotatable bonds is 5. The van der Waals surface area contributed by atoms with E-state index in [0.717, 1.165) is 0 Å². The highest BCUT2D eigenvalue weighted by atomic mass is 32.2. The summed E-state index contributed by atoms with van der Waals surface area (Å²) in [5.74, 6) is 0.163. The number of hydrogen-bond acceptors (Lipinski definition) is 6. The van der Waals surface area contributed by atoms with Crippen molar-refractivity contribution in [3.05, 3.63) is 29.8 Å². The number of benzene rings is 1. The van der Waals surface area contributed by atoms with E-state index < -0.39 is 5.41 Å². The van der Waals surface area contributed by atoms with Gasteiger partial charge in [0.15, 0.2) is 5.78 Å². The fraction of sp³-hybridized carbons (Fsp3) is 0.400. The van der Waals surface area contributed by atoms with Gasteiger partial charge in [0.05, 0.1) is 5.75 Å². The molecule has 1 aromatic carbocycles. The van der Waals surface area contributed by atoms with Crippen LogP contribution in [0.2, 0.25) is 0 Å². The standard InChI is InChI=1S/C15H19N5O2S/c1-15(2,3)13(22)16-11-7-5-10(6-8-11)12(21)9-23-14-17-18-19-20(14)4/h5-8H,9H2,1-4H3,(H,16,22). The summed E-state index contributed by atoms with van der Waals surface area (Å²) >= 11 is 1.28. The van der Waals surface area contributed by atoms with Gasteiger partial charge in [-0.3, -0.25) is 9.59 Å². The highest BCUT2D eigenvalue weighted by Crippen LogP contribution is 2.19. The van der Waals surface area contributed by atoms with Crippen molar-refractivity contribution in [2.75, 3.05) is 11.1 Å². The molecule has 1 N–H and O–H groups in total. The molecule has 0 spiro atoms. The highest BCUT2D eigenvalue weighted by Gasteiger charge is 2.21. The van der Waals surface area contributed by atoms with Gasteiger partial charge in [0.2, 0.25) is 11.1 Å². The van der Waals surface area contributed by atoms with Crippen molar-refractivity contribution in [3.63, 3.8) is 0 Å². The first kappa shape index (κ1) is 17.1. The van der Waals surface area contributed by atoms with Crippen LogP contribution in [-0.2, 0) is 11.8 Å². The number of carbonyl (C=O) groups excluding carboxylic acids is 2. The molecule has 0 aliphatic carbocycles. The number of nitrogens with zero attached hydrogens (tertiary/aromatic N) is 4. The fourth-order valence-corrected chi connectivity index (χ4v) is 2.36. The minimum atomic E-state index is -0.463. The third-order valence-corrected chi connectivity index (χ3v) is 4.07. The number of ketones is 1. The Morgan fingerprint density at radius 2 is 1.87 bits per heavy atom. The first-order valence-corrected chi connectivity index (χ1v) is 8.06. The van der Waals surface area contributed by atoms with Crippen LogP contribution >= 0.6 is 11.8 Å². The average Bonchev–Trinajstić information content (AvgIpc) is 2.90. The van der Waals surface area contributed by atoms with Gasteiger partial charge < -0.3 is 5.32 Å². The Morgan fingerprint density at radius 1 is 1.22 bits per heavy atom. The summed E-state index contributed by atoms with van der Waals surface area (Å²) in [6.45, 7) is 5.54. The van der Waals surface area contributed by atoms with Gasteiger partial charge in [0.25, 0.3) is 0 Å². The summed E-state index contributed by atoms with van der Waals surface area (Å²) in [5, 5.41) is 14.5. The van der Waals surface area contributed by atoms with Gasteiger partial charge in [0.1, 0.15) is 0 Å². The number of tetrazole rings is 1. The fourth-order valence-electron chi connectivity index (χ4n) is 1.61. The molecule has 0 fully saturated rings. The largest absolute Gasteiger partial charge is 0.326 e. The second kappa shape index (κ2) is 6.91. The van der Waals surface area contributed by atoms with Gasteiger partial charge in [0, 0.05) is 23.7 Å². The molecule has 0 bridgehead atoms. The predicted molar refractivity (Wildman–Crippen MR) is 88.4 cm³/mol. The van der Waals surface area contributed by atoms with Crippen molar-refractivity contribution in [2.45, 2.75) is 25.9 Å². The number of aromatic nitrogens is 4. The number of nitrogens with one attached hydrogen (secondary N) is 1. The second-order valence-corrected chi connectivity index (χ2v) is 7.02. The number of hydrogen-bond donors (Lipinski definition) is 1. The molecule has 2 aromatic rings. The maximum atomic E-state index is 12.2. The van der Waals surface area contributed by atoms with Crippen molar-refractivity contribution < 1.29 is 9.59 Å². The smallest absolute Gasteiger partial charge is 0.229 e. The molecule has 0 aliphatic rings. The van der Waals surface area contributed by atoms with Crippen LogP contribution in [0.1, 0.15) is 31.1 Å². The quantitative estimate of drug-likeness (QED) is 0.666. The van der Waals surface area contributed by atoms with Crippen LogP contribution < -0.4 is 5.32 Å². The minimum Gasteiger partial charge on any atom is -0.326 e. The number of carbonyl (C=O) groups is 2. The Kier molecular flexibility index (Phi) is 5.15. The number of amides is 1. The topological polar surface area (TPSA) is 89.8 Å². The molecule has 8 heteroatoms. The summed E-state index contributed by atoms with van der Waals surface area (Å²) in [5.41, 5.74) is 0.794. The van der Waals surface area contributed by atoms with E-state index in [1.807, 2.05) is 20.8 Å². The third-order valence-electron chi connectivity index (χ3n) is 3.06. The molecule has 0 atom stereocenters. The first-order valence-electron chi connectivity index (χ1n) is 7.07. The van der Waals surface area contributed by atoms with Crippen LogP contribution in [0.4, 0.5) is 5.69 Å². The van der Waals surface area contributed by atoms with Gasteiger partial charge >= 0.3 is 0 Å². The summed E-state index contributed by atoms with van der Waals surface area (Å²) < 4.78 is 1.52. The van der Waals surface area contributed by atoms with Gasteiger partial charge in [-0.25, -0.2) is 4.68 Å². The molecule has 7 nitrogen and oxygen atoms in total. The molecule has 1 heterocycles. The van der Waals surface area contributed by atoms with Crippen molar-refractivity contribution in [1.29, 1.82) is 0 Å². The van der Waals surface area contributed by atoms with Crippen LogP contribution in [0.5, 0.6) is 0 Å². The van der Waals surface area contributed by atoms with Crippen LogP contribution in [0, 0.1) is 5.41 Å². The van der Waals surface area contributed by atoms with Crippen LogP contribution in [0.3, 0.4) is 0 Å². The molecular formula is C15H19N5O2S. The van der Waals surface area contributed by atoms with E-state index in [-0.39, 0.29) is 17.4 Å². The van der Waals surface area contributed by atoms with Gasteiger partial charge in [-0.2, -0.15) is 0 Å². The normalized spacial score (nSPS) is 11.3. The van der Waals surface area contributed by atoms with Crippen molar-refractivity contribution in [2.24, 2.45) is 12.5 Å². The molecule has 2 rings (SSSR count). The van der Waals surface area contributed by atoms with E-state index >= 15 is 0 Å². The Balaban J connectivity index is 1.95. The lowest BCUT2D eigenvalue weighted by molar-refractivity contribution is -0.123. The lowest BCUT2D eigenvalue weighted by Gasteiger charge is -2.17. The molecule has 0 unspecified atom stereocenters. The van der Waals surface area contributed by atoms with Gasteiger partial charge in [-0.1, -0.05) is 32.5 Å². The van der Waals surface area contributed by atoms with E-state index in [4.69, 9.17) is 0 Å². The summed E-state index contributed by atoms with van der Waals surface area (Å²) in [6, 6.07) is 6.86. The Morgan fingerprint density at radius 3 is 2.39 bits per heavy atom.